The Kier molecular flexibility index (Phi) is 6.22. The fraction of sp³-hybridized carbons (Fsp3) is 1.00. The number of halogens is 5. The van der Waals surface area contributed by atoms with E-state index in [-0.39, 0.29) is 0 Å². The summed E-state index contributed by atoms with van der Waals surface area (Å²) in [6.45, 7) is 1.94. The Morgan fingerprint density at radius 3 is 2.15 bits per heavy atom. The second-order valence-corrected chi connectivity index (χ2v) is 18.6. The molecule has 13 heavy (non-hydrogen) atoms. The van der Waals surface area contributed by atoms with E-state index in [9.17, 15) is 0 Å². The van der Waals surface area contributed by atoms with Crippen LogP contribution in [-0.4, -0.2) is 6.16 Å². The summed E-state index contributed by atoms with van der Waals surface area (Å²) in [5.74, 6) is -2.49. The summed E-state index contributed by atoms with van der Waals surface area (Å²) >= 11 is 29.3. The first-order chi connectivity index (χ1) is 5.60. The summed E-state index contributed by atoms with van der Waals surface area (Å²) in [5, 5.41) is 0. The summed E-state index contributed by atoms with van der Waals surface area (Å²) in [4.78, 5) is -1.30. The average molecular weight is 344 g/mol. The first-order valence-corrected chi connectivity index (χ1v) is 12.5. The Morgan fingerprint density at radius 1 is 1.38 bits per heavy atom. The van der Waals surface area contributed by atoms with Crippen molar-refractivity contribution in [1.29, 1.82) is 0 Å². The normalized spacial score (nSPS) is 16.4. The Labute approximate surface area is 105 Å². The minimum atomic E-state index is -3.77. The molecule has 0 amide bonds. The van der Waals surface area contributed by atoms with Gasteiger partial charge in [0.1, 0.15) is 0 Å². The molecule has 1 unspecified atom stereocenters. The van der Waals surface area contributed by atoms with Crippen molar-refractivity contribution in [2.45, 2.75) is 13.3 Å². The minimum absolute atomic E-state index is 0.548. The first-order valence-electron chi connectivity index (χ1n) is 3.28. The third kappa shape index (κ3) is 7.40. The van der Waals surface area contributed by atoms with Crippen LogP contribution in [0.1, 0.15) is 13.3 Å². The van der Waals surface area contributed by atoms with Gasteiger partial charge in [-0.25, -0.2) is 0 Å². The van der Waals surface area contributed by atoms with Crippen LogP contribution >= 0.6 is 76.3 Å². The van der Waals surface area contributed by atoms with E-state index in [0.717, 1.165) is 6.42 Å². The van der Waals surface area contributed by atoms with Crippen LogP contribution in [0.15, 0.2) is 4.52 Å². The summed E-state index contributed by atoms with van der Waals surface area (Å²) in [6, 6.07) is 0. The average Bonchev–Trinajstić information content (AvgIpc) is 1.83. The molecule has 0 rings (SSSR count). The van der Waals surface area contributed by atoms with Crippen molar-refractivity contribution in [1.82, 2.24) is 4.86 Å². The van der Waals surface area contributed by atoms with Gasteiger partial charge >= 0.3 is 105 Å². The summed E-state index contributed by atoms with van der Waals surface area (Å²) in [5.41, 5.74) is 0. The molecule has 1 N–H and O–H groups in total. The molecule has 0 heterocycles. The van der Waals surface area contributed by atoms with Gasteiger partial charge in [0.25, 0.3) is 0 Å². The van der Waals surface area contributed by atoms with Gasteiger partial charge in [0, 0.05) is 0 Å². The Morgan fingerprint density at radius 2 is 1.85 bits per heavy atom. The third-order valence-electron chi connectivity index (χ3n) is 0.974. The van der Waals surface area contributed by atoms with Crippen LogP contribution in [0.3, 0.4) is 0 Å². The molecular weight excluding hydrogens is 334 g/mol. The molecule has 0 spiro atoms. The predicted octanol–water partition coefficient (Wildman–Crippen LogP) is 6.13. The molecule has 0 aliphatic rings. The van der Waals surface area contributed by atoms with E-state index < -0.39 is 10.7 Å². The molecule has 0 aliphatic heterocycles. The molecule has 2 nitrogen and oxygen atoms in total. The Hall–Kier alpha value is 2.50. The van der Waals surface area contributed by atoms with Crippen LogP contribution in [0.2, 0.25) is 0 Å². The third-order valence-corrected chi connectivity index (χ3v) is 12.5. The SMILES string of the molecule is CCCP(Cl)(Cl)=NP(Cl)(Cl)(Cl)NP. The zero-order chi connectivity index (χ0) is 10.8. The molecular formula is C3H10Cl5N2P3. The monoisotopic (exact) mass is 342 g/mol. The first kappa shape index (κ1) is 15.5. The number of hydrogen-bond donors (Lipinski definition) is 1. The number of rotatable bonds is 4. The fourth-order valence-corrected chi connectivity index (χ4v) is 12.3. The van der Waals surface area contributed by atoms with E-state index in [4.69, 9.17) is 56.2 Å². The summed E-state index contributed by atoms with van der Waals surface area (Å²) in [6.07, 6.45) is 1.35. The van der Waals surface area contributed by atoms with Crippen LogP contribution in [0, 0.1) is 0 Å². The van der Waals surface area contributed by atoms with Gasteiger partial charge in [-0.3, -0.25) is 0 Å². The van der Waals surface area contributed by atoms with E-state index in [2.05, 4.69) is 18.8 Å². The van der Waals surface area contributed by atoms with Gasteiger partial charge < -0.3 is 0 Å². The maximum atomic E-state index is 5.93. The van der Waals surface area contributed by atoms with Gasteiger partial charge in [-0.2, -0.15) is 0 Å². The van der Waals surface area contributed by atoms with Crippen LogP contribution < -0.4 is 4.86 Å². The van der Waals surface area contributed by atoms with Crippen LogP contribution in [-0.2, 0) is 0 Å². The molecule has 0 saturated heterocycles. The summed E-state index contributed by atoms with van der Waals surface area (Å²) in [7, 11) is 2.11. The van der Waals surface area contributed by atoms with Crippen molar-refractivity contribution >= 4 is 76.3 Å². The van der Waals surface area contributed by atoms with Crippen molar-refractivity contribution in [3.63, 3.8) is 0 Å². The molecule has 0 fully saturated rings. The van der Waals surface area contributed by atoms with Gasteiger partial charge in [-0.1, -0.05) is 0 Å². The van der Waals surface area contributed by atoms with Crippen molar-refractivity contribution < 1.29 is 0 Å². The molecule has 0 aliphatic carbocycles. The number of nitrogens with zero attached hydrogens (tertiary/aromatic N) is 1. The molecule has 0 aromatic carbocycles. The molecule has 0 saturated carbocycles. The van der Waals surface area contributed by atoms with Gasteiger partial charge in [0.2, 0.25) is 0 Å². The molecule has 0 aromatic heterocycles. The van der Waals surface area contributed by atoms with Crippen molar-refractivity contribution in [2.75, 3.05) is 6.16 Å². The van der Waals surface area contributed by atoms with E-state index in [1.807, 2.05) is 6.92 Å². The summed E-state index contributed by atoms with van der Waals surface area (Å²) < 4.78 is 3.92. The molecule has 0 aromatic rings. The second kappa shape index (κ2) is 5.22. The van der Waals surface area contributed by atoms with Gasteiger partial charge in [-0.15, -0.1) is 0 Å². The van der Waals surface area contributed by atoms with E-state index in [0.29, 0.717) is 6.16 Å². The van der Waals surface area contributed by atoms with Crippen molar-refractivity contribution in [3.05, 3.63) is 0 Å². The van der Waals surface area contributed by atoms with Gasteiger partial charge in [0.05, 0.1) is 0 Å². The van der Waals surface area contributed by atoms with Crippen LogP contribution in [0.4, 0.5) is 0 Å². The second-order valence-electron chi connectivity index (χ2n) is 2.31. The molecule has 82 valence electrons. The Bertz CT molecular complexity index is 229. The topological polar surface area (TPSA) is 24.4 Å². The van der Waals surface area contributed by atoms with Gasteiger partial charge in [-0.05, 0) is 0 Å². The van der Waals surface area contributed by atoms with E-state index in [1.165, 1.54) is 0 Å². The van der Waals surface area contributed by atoms with Gasteiger partial charge in [0.15, 0.2) is 0 Å². The molecule has 1 atom stereocenters. The van der Waals surface area contributed by atoms with E-state index in [1.54, 1.807) is 0 Å². The Balaban J connectivity index is 4.92. The molecule has 10 heteroatoms. The van der Waals surface area contributed by atoms with E-state index >= 15 is 0 Å². The van der Waals surface area contributed by atoms with Crippen LogP contribution in [0.25, 0.3) is 0 Å². The van der Waals surface area contributed by atoms with Crippen molar-refractivity contribution in [2.24, 2.45) is 4.52 Å². The van der Waals surface area contributed by atoms with Crippen molar-refractivity contribution in [3.8, 4) is 0 Å². The van der Waals surface area contributed by atoms with Crippen LogP contribution in [0.5, 0.6) is 0 Å². The quantitative estimate of drug-likeness (QED) is 0.610. The maximum absolute atomic E-state index is 5.93. The predicted molar refractivity (Wildman–Crippen MR) is 73.5 cm³/mol. The molecule has 0 bridgehead atoms. The zero-order valence-corrected chi connectivity index (χ0v) is 13.4. The number of nitrogens with one attached hydrogen (secondary N) is 1. The zero-order valence-electron chi connectivity index (χ0n) is 6.72. The standard InChI is InChI=1S/C3H10Cl5N2P3/c1-2-3-12(4,5)10-13(6,7,8)9-11/h9H,2-3,11H2,1H3. The number of hydrogen-bond acceptors (Lipinski definition) is 2. The molecule has 0 radical (unpaired) electrons. The fourth-order valence-electron chi connectivity index (χ4n) is 0.553.